The van der Waals surface area contributed by atoms with Crippen molar-refractivity contribution >= 4 is 11.9 Å². The van der Waals surface area contributed by atoms with Gasteiger partial charge in [0.15, 0.2) is 0 Å². The van der Waals surface area contributed by atoms with Gasteiger partial charge in [-0.3, -0.25) is 9.59 Å². The van der Waals surface area contributed by atoms with Crippen LogP contribution >= 0.6 is 0 Å². The van der Waals surface area contributed by atoms with E-state index in [9.17, 15) is 9.59 Å². The molecule has 0 bridgehead atoms. The highest BCUT2D eigenvalue weighted by atomic mass is 16.5. The van der Waals surface area contributed by atoms with E-state index < -0.39 is 5.54 Å². The van der Waals surface area contributed by atoms with Gasteiger partial charge in [-0.2, -0.15) is 0 Å². The first-order valence-corrected chi connectivity index (χ1v) is 8.76. The summed E-state index contributed by atoms with van der Waals surface area (Å²) in [4.78, 5) is 23.8. The molecule has 5 nitrogen and oxygen atoms in total. The van der Waals surface area contributed by atoms with E-state index in [1.54, 1.807) is 6.92 Å². The lowest BCUT2D eigenvalue weighted by molar-refractivity contribution is -0.145. The van der Waals surface area contributed by atoms with Crippen LogP contribution in [-0.4, -0.2) is 31.7 Å². The fraction of sp³-hybridized carbons (Fsp3) is 0.579. The summed E-state index contributed by atoms with van der Waals surface area (Å²) in [5.74, 6) is -0.432. The molecule has 24 heavy (non-hydrogen) atoms. The summed E-state index contributed by atoms with van der Waals surface area (Å²) in [6.07, 6.45) is 3.44. The van der Waals surface area contributed by atoms with Crippen molar-refractivity contribution in [3.63, 3.8) is 0 Å². The maximum Gasteiger partial charge on any atom is 0.308 e. The third-order valence-electron chi connectivity index (χ3n) is 4.43. The molecule has 0 heterocycles. The molecule has 1 atom stereocenters. The number of hydrogen-bond acceptors (Lipinski definition) is 5. The topological polar surface area (TPSA) is 64.6 Å². The lowest BCUT2D eigenvalue weighted by Crippen LogP contribution is -2.47. The second-order valence-corrected chi connectivity index (χ2v) is 6.06. The number of fused-ring (bicyclic) bond motifs is 1. The molecule has 1 unspecified atom stereocenters. The number of hydrogen-bond donors (Lipinski definition) is 1. The minimum absolute atomic E-state index is 0.210. The third-order valence-corrected chi connectivity index (χ3v) is 4.43. The van der Waals surface area contributed by atoms with Crippen LogP contribution in [0.25, 0.3) is 0 Å². The number of carbonyl (C=O) groups is 2. The fourth-order valence-electron chi connectivity index (χ4n) is 3.45. The van der Waals surface area contributed by atoms with E-state index in [2.05, 4.69) is 17.4 Å². The molecule has 0 spiro atoms. The Kier molecular flexibility index (Phi) is 6.79. The predicted molar refractivity (Wildman–Crippen MR) is 91.6 cm³/mol. The molecule has 0 aliphatic heterocycles. The highest BCUT2D eigenvalue weighted by Gasteiger charge is 2.38. The van der Waals surface area contributed by atoms with Crippen molar-refractivity contribution in [3.8, 4) is 0 Å². The summed E-state index contributed by atoms with van der Waals surface area (Å²) < 4.78 is 10.2. The Bertz CT molecular complexity index is 572. The fourth-order valence-corrected chi connectivity index (χ4v) is 3.45. The van der Waals surface area contributed by atoms with Gasteiger partial charge in [0.25, 0.3) is 0 Å². The van der Waals surface area contributed by atoms with Gasteiger partial charge in [0.05, 0.1) is 31.6 Å². The number of aryl methyl sites for hydroxylation is 1. The molecule has 0 aromatic heterocycles. The first kappa shape index (κ1) is 18.5. The largest absolute Gasteiger partial charge is 0.466 e. The van der Waals surface area contributed by atoms with Crippen LogP contribution in [0.5, 0.6) is 0 Å². The van der Waals surface area contributed by atoms with E-state index in [0.29, 0.717) is 26.2 Å². The van der Waals surface area contributed by atoms with Gasteiger partial charge in [-0.05, 0) is 44.2 Å². The summed E-state index contributed by atoms with van der Waals surface area (Å²) in [6.45, 7) is 4.85. The van der Waals surface area contributed by atoms with Crippen LogP contribution in [0, 0.1) is 0 Å². The van der Waals surface area contributed by atoms with Gasteiger partial charge in [-0.1, -0.05) is 24.3 Å². The summed E-state index contributed by atoms with van der Waals surface area (Å²) in [6, 6.07) is 8.21. The second kappa shape index (κ2) is 8.83. The van der Waals surface area contributed by atoms with Gasteiger partial charge in [0.1, 0.15) is 0 Å². The zero-order chi connectivity index (χ0) is 17.4. The molecule has 1 aromatic rings. The summed E-state index contributed by atoms with van der Waals surface area (Å²) in [5, 5.41) is 3.47. The number of esters is 2. The Morgan fingerprint density at radius 3 is 2.58 bits per heavy atom. The molecule has 0 radical (unpaired) electrons. The predicted octanol–water partition coefficient (Wildman–Crippen LogP) is 2.71. The minimum atomic E-state index is -0.465. The molecule has 1 N–H and O–H groups in total. The molecule has 1 aromatic carbocycles. The molecule has 0 fully saturated rings. The Hall–Kier alpha value is -1.88. The summed E-state index contributed by atoms with van der Waals surface area (Å²) in [7, 11) is 0. The van der Waals surface area contributed by atoms with Crippen molar-refractivity contribution in [1.29, 1.82) is 0 Å². The van der Waals surface area contributed by atoms with Crippen LogP contribution in [0.15, 0.2) is 24.3 Å². The van der Waals surface area contributed by atoms with E-state index in [1.807, 2.05) is 19.1 Å². The second-order valence-electron chi connectivity index (χ2n) is 6.06. The summed E-state index contributed by atoms with van der Waals surface area (Å²) >= 11 is 0. The highest BCUT2D eigenvalue weighted by Crippen LogP contribution is 2.38. The van der Waals surface area contributed by atoms with Gasteiger partial charge < -0.3 is 14.8 Å². The Morgan fingerprint density at radius 2 is 1.83 bits per heavy atom. The van der Waals surface area contributed by atoms with Crippen LogP contribution in [0.3, 0.4) is 0 Å². The van der Waals surface area contributed by atoms with Crippen molar-refractivity contribution in [3.05, 3.63) is 35.4 Å². The Morgan fingerprint density at radius 1 is 1.12 bits per heavy atom. The number of nitrogens with one attached hydrogen (secondary N) is 1. The molecule has 132 valence electrons. The summed E-state index contributed by atoms with van der Waals surface area (Å²) in [5.41, 5.74) is 1.94. The molecule has 1 aliphatic rings. The molecule has 0 saturated carbocycles. The smallest absolute Gasteiger partial charge is 0.308 e. The van der Waals surface area contributed by atoms with Crippen molar-refractivity contribution in [1.82, 2.24) is 5.32 Å². The number of carbonyl (C=O) groups excluding carboxylic acids is 2. The van der Waals surface area contributed by atoms with Crippen LogP contribution < -0.4 is 5.32 Å². The molecule has 1 aliphatic carbocycles. The highest BCUT2D eigenvalue weighted by molar-refractivity contribution is 5.72. The van der Waals surface area contributed by atoms with Crippen molar-refractivity contribution < 1.29 is 19.1 Å². The van der Waals surface area contributed by atoms with Gasteiger partial charge >= 0.3 is 11.9 Å². The van der Waals surface area contributed by atoms with Gasteiger partial charge in [0, 0.05) is 6.54 Å². The first-order chi connectivity index (χ1) is 11.6. The SMILES string of the molecule is CCOC(=O)CCNC1(CC(=O)OCC)CCCc2ccccc21. The monoisotopic (exact) mass is 333 g/mol. The molecule has 2 rings (SSSR count). The van der Waals surface area contributed by atoms with Gasteiger partial charge in [0.2, 0.25) is 0 Å². The van der Waals surface area contributed by atoms with Crippen LogP contribution in [0.2, 0.25) is 0 Å². The van der Waals surface area contributed by atoms with Crippen LogP contribution in [0.1, 0.15) is 50.7 Å². The molecule has 0 saturated heterocycles. The Labute approximate surface area is 143 Å². The van der Waals surface area contributed by atoms with Crippen LogP contribution in [-0.2, 0) is 31.0 Å². The van der Waals surface area contributed by atoms with E-state index in [-0.39, 0.29) is 18.4 Å². The maximum absolute atomic E-state index is 12.2. The van der Waals surface area contributed by atoms with Crippen LogP contribution in [0.4, 0.5) is 0 Å². The van der Waals surface area contributed by atoms with Crippen molar-refractivity contribution in [2.75, 3.05) is 19.8 Å². The normalized spacial score (nSPS) is 19.4. The maximum atomic E-state index is 12.2. The third kappa shape index (κ3) is 4.57. The number of benzene rings is 1. The quantitative estimate of drug-likeness (QED) is 0.741. The lowest BCUT2D eigenvalue weighted by atomic mass is 9.74. The Balaban J connectivity index is 2.17. The van der Waals surface area contributed by atoms with E-state index in [4.69, 9.17) is 9.47 Å². The van der Waals surface area contributed by atoms with Gasteiger partial charge in [-0.25, -0.2) is 0 Å². The first-order valence-electron chi connectivity index (χ1n) is 8.76. The van der Waals surface area contributed by atoms with E-state index >= 15 is 0 Å². The molecule has 5 heteroatoms. The van der Waals surface area contributed by atoms with Gasteiger partial charge in [-0.15, -0.1) is 0 Å². The molecule has 0 amide bonds. The average molecular weight is 333 g/mol. The van der Waals surface area contributed by atoms with E-state index in [0.717, 1.165) is 24.8 Å². The minimum Gasteiger partial charge on any atom is -0.466 e. The lowest BCUT2D eigenvalue weighted by Gasteiger charge is -2.39. The zero-order valence-electron chi connectivity index (χ0n) is 14.6. The molecular weight excluding hydrogens is 306 g/mol. The van der Waals surface area contributed by atoms with Crippen molar-refractivity contribution in [2.45, 2.75) is 51.5 Å². The van der Waals surface area contributed by atoms with Crippen molar-refractivity contribution in [2.24, 2.45) is 0 Å². The standard InChI is InChI=1S/C19H27NO4/c1-3-23-17(21)11-13-20-19(14-18(22)24-4-2)12-7-9-15-8-5-6-10-16(15)19/h5-6,8,10,20H,3-4,7,9,11-14H2,1-2H3. The number of ether oxygens (including phenoxy) is 2. The van der Waals surface area contributed by atoms with E-state index in [1.165, 1.54) is 5.56 Å². The average Bonchev–Trinajstić information content (AvgIpc) is 2.56. The number of rotatable bonds is 8. The zero-order valence-corrected chi connectivity index (χ0v) is 14.6. The molecular formula is C19H27NO4.